The molecule has 1 heterocycles. The molecule has 1 aliphatic heterocycles. The Labute approximate surface area is 755 Å². The summed E-state index contributed by atoms with van der Waals surface area (Å²) in [6.45, 7) is 24.2. The first-order valence-corrected chi connectivity index (χ1v) is 52.5. The Balaban J connectivity index is 2.79. The van der Waals surface area contributed by atoms with Crippen molar-refractivity contribution in [2.24, 2.45) is 0 Å². The van der Waals surface area contributed by atoms with Gasteiger partial charge in [0.2, 0.25) is 0 Å². The first-order valence-electron chi connectivity index (χ1n) is 52.5. The Morgan fingerprint density at radius 3 is 0.789 bits per heavy atom. The molecule has 0 radical (unpaired) electrons. The first kappa shape index (κ1) is 118. The Hall–Kier alpha value is -3.50. The summed E-state index contributed by atoms with van der Waals surface area (Å²) in [7, 11) is 0. The number of rotatable bonds is 93. The third-order valence-corrected chi connectivity index (χ3v) is 25.2. The highest BCUT2D eigenvalue weighted by atomic mass is 16.6. The largest absolute Gasteiger partial charge is 0.466 e. The predicted molar refractivity (Wildman–Crippen MR) is 506 cm³/mol. The molecular weight excluding hydrogens is 1550 g/mol. The van der Waals surface area contributed by atoms with E-state index < -0.39 is 24.4 Å². The number of aliphatic hydroxyl groups is 4. The fourth-order valence-corrected chi connectivity index (χ4v) is 17.3. The molecule has 4 N–H and O–H groups in total. The number of carbonyl (C=O) groups excluding carboxylic acids is 6. The minimum absolute atomic E-state index is 0.00512. The number of carbonyl (C=O) groups is 6. The second-order valence-corrected chi connectivity index (χ2v) is 37.4. The van der Waals surface area contributed by atoms with Crippen molar-refractivity contribution in [3.63, 3.8) is 0 Å². The summed E-state index contributed by atoms with van der Waals surface area (Å²) in [4.78, 5) is 86.9. The van der Waals surface area contributed by atoms with E-state index in [4.69, 9.17) is 28.4 Å². The van der Waals surface area contributed by atoms with Crippen LogP contribution in [0.3, 0.4) is 0 Å². The standard InChI is InChI=1S/C103H198N4O16/c1-9-15-21-27-33-35-37-43-57-80-118-99(113)73-59-64-94(110)88-104(86-92(108)62-47-45-53-71-102(116)122-96(66-49-39-29-23-17-11-3)67-50-40-30-24-18-12-4)76-56-55-70-98(112)120-82-78-106-84-91(8)107(85-90(106)7)79-83-121-101(115)75-61-77-105(89-95(111)65-60-74-100(114)119-81-58-44-38-36-34-28-22-16-10-2)87-93(109)63-48-46-54-72-103(117)123-97(68-51-41-31-25-19-13-5)69-52-42-32-26-20-14-6/h90-97,108-111H,9-89H2,1-8H3. The van der Waals surface area contributed by atoms with Crippen LogP contribution in [0.2, 0.25) is 0 Å². The molecule has 0 saturated carbocycles. The van der Waals surface area contributed by atoms with Gasteiger partial charge in [-0.2, -0.15) is 0 Å². The highest BCUT2D eigenvalue weighted by Crippen LogP contribution is 2.24. The van der Waals surface area contributed by atoms with Gasteiger partial charge in [-0.3, -0.25) is 48.4 Å². The van der Waals surface area contributed by atoms with Crippen molar-refractivity contribution in [1.29, 1.82) is 0 Å². The van der Waals surface area contributed by atoms with E-state index in [0.717, 1.165) is 129 Å². The molecule has 0 amide bonds. The normalized spacial score (nSPS) is 15.0. The van der Waals surface area contributed by atoms with E-state index in [-0.39, 0.29) is 99.0 Å². The van der Waals surface area contributed by atoms with Gasteiger partial charge >= 0.3 is 35.8 Å². The van der Waals surface area contributed by atoms with Crippen molar-refractivity contribution in [3.05, 3.63) is 0 Å². The second-order valence-electron chi connectivity index (χ2n) is 37.4. The predicted octanol–water partition coefficient (Wildman–Crippen LogP) is 23.7. The maximum absolute atomic E-state index is 13.3. The Morgan fingerprint density at radius 1 is 0.260 bits per heavy atom. The fraction of sp³-hybridized carbons (Fsp3) is 0.942. The number of ether oxygens (including phenoxy) is 6. The molecule has 0 bridgehead atoms. The zero-order chi connectivity index (χ0) is 89.9. The van der Waals surface area contributed by atoms with E-state index >= 15 is 0 Å². The summed E-state index contributed by atoms with van der Waals surface area (Å²) >= 11 is 0. The lowest BCUT2D eigenvalue weighted by Gasteiger charge is -2.44. The number of hydrogen-bond acceptors (Lipinski definition) is 20. The Bertz CT molecular complexity index is 2360. The lowest BCUT2D eigenvalue weighted by atomic mass is 10.0. The molecule has 123 heavy (non-hydrogen) atoms. The molecule has 1 fully saturated rings. The molecule has 1 rings (SSSR count). The van der Waals surface area contributed by atoms with E-state index in [1.807, 2.05) is 4.90 Å². The number of esters is 6. The van der Waals surface area contributed by atoms with E-state index in [9.17, 15) is 49.2 Å². The highest BCUT2D eigenvalue weighted by molar-refractivity contribution is 5.71. The third-order valence-electron chi connectivity index (χ3n) is 25.2. The minimum atomic E-state index is -0.730. The number of unbranched alkanes of at least 4 members (excludes halogenated alkanes) is 41. The first-order chi connectivity index (χ1) is 59.9. The summed E-state index contributed by atoms with van der Waals surface area (Å²) in [6, 6.07) is 0.352. The Morgan fingerprint density at radius 2 is 0.480 bits per heavy atom. The average Bonchev–Trinajstić information content (AvgIpc) is 0.843. The van der Waals surface area contributed by atoms with E-state index in [2.05, 4.69) is 70.1 Å². The topological polar surface area (TPSA) is 252 Å². The van der Waals surface area contributed by atoms with Gasteiger partial charge in [0.05, 0.1) is 37.6 Å². The molecule has 20 nitrogen and oxygen atoms in total. The summed E-state index contributed by atoms with van der Waals surface area (Å²) < 4.78 is 34.9. The van der Waals surface area contributed by atoms with Gasteiger partial charge in [-0.1, -0.05) is 298 Å². The number of hydrogen-bond donors (Lipinski definition) is 4. The molecule has 0 aliphatic carbocycles. The van der Waals surface area contributed by atoms with Crippen LogP contribution in [-0.4, -0.2) is 216 Å². The van der Waals surface area contributed by atoms with Gasteiger partial charge in [0, 0.05) is 103 Å². The lowest BCUT2D eigenvalue weighted by molar-refractivity contribution is -0.151. The van der Waals surface area contributed by atoms with Gasteiger partial charge in [-0.25, -0.2) is 0 Å². The molecule has 1 saturated heterocycles. The molecule has 0 aromatic carbocycles. The number of piperazine rings is 1. The molecule has 6 atom stereocenters. The Kier molecular flexibility index (Phi) is 82.7. The van der Waals surface area contributed by atoms with Crippen LogP contribution in [0.25, 0.3) is 0 Å². The molecule has 0 aromatic heterocycles. The zero-order valence-electron chi connectivity index (χ0n) is 81.4. The monoisotopic (exact) mass is 1750 g/mol. The third kappa shape index (κ3) is 76.0. The highest BCUT2D eigenvalue weighted by Gasteiger charge is 2.30. The molecule has 20 heteroatoms. The van der Waals surface area contributed by atoms with Crippen LogP contribution >= 0.6 is 0 Å². The summed E-state index contributed by atoms with van der Waals surface area (Å²) in [5.74, 6) is -1.24. The molecular formula is C103H198N4O16. The van der Waals surface area contributed by atoms with Gasteiger partial charge in [0.25, 0.3) is 0 Å². The van der Waals surface area contributed by atoms with Gasteiger partial charge in [-0.15, -0.1) is 0 Å². The van der Waals surface area contributed by atoms with Crippen LogP contribution in [0, 0.1) is 0 Å². The van der Waals surface area contributed by atoms with Crippen LogP contribution < -0.4 is 0 Å². The molecule has 0 aromatic rings. The van der Waals surface area contributed by atoms with E-state index in [1.165, 1.54) is 205 Å². The number of nitrogens with zero attached hydrogens (tertiary/aromatic N) is 4. The van der Waals surface area contributed by atoms with Crippen LogP contribution in [0.15, 0.2) is 0 Å². The minimum Gasteiger partial charge on any atom is -0.466 e. The van der Waals surface area contributed by atoms with Crippen LogP contribution in [-0.2, 0) is 57.2 Å². The SMILES string of the molecule is CCCCCCCCCCCOC(=O)CCCC(O)CN(CCCCC(=O)OCCN1CC(C)N(CCOC(=O)CCCN(CC(O)CCCCCC(=O)OC(CCCCCCCC)CCCCCCCC)CC(O)CCCC(=O)OCCCCCCCCCCC)CC1C)CC(O)CCCCCC(=O)OC(CCCCCCCC)CCCCCCCC. The smallest absolute Gasteiger partial charge is 0.306 e. The quantitative estimate of drug-likeness (QED) is 0.0251. The number of aliphatic hydroxyl groups excluding tert-OH is 4. The molecule has 726 valence electrons. The average molecular weight is 1750 g/mol. The van der Waals surface area contributed by atoms with Crippen molar-refractivity contribution in [3.8, 4) is 0 Å². The molecule has 1 aliphatic rings. The zero-order valence-corrected chi connectivity index (χ0v) is 81.4. The van der Waals surface area contributed by atoms with Gasteiger partial charge in [0.1, 0.15) is 25.4 Å². The van der Waals surface area contributed by atoms with Crippen molar-refractivity contribution in [2.75, 3.05) is 91.9 Å². The maximum Gasteiger partial charge on any atom is 0.306 e. The van der Waals surface area contributed by atoms with Gasteiger partial charge in [-0.05, 0) is 162 Å². The summed E-state index contributed by atoms with van der Waals surface area (Å²) in [6.07, 6.45) is 62.7. The molecule has 0 spiro atoms. The summed E-state index contributed by atoms with van der Waals surface area (Å²) in [5, 5.41) is 45.4. The van der Waals surface area contributed by atoms with Crippen LogP contribution in [0.5, 0.6) is 0 Å². The van der Waals surface area contributed by atoms with Crippen molar-refractivity contribution >= 4 is 35.8 Å². The maximum atomic E-state index is 13.3. The van der Waals surface area contributed by atoms with Crippen molar-refractivity contribution in [2.45, 2.75) is 534 Å². The second kappa shape index (κ2) is 86.5. The molecule has 6 unspecified atom stereocenters. The van der Waals surface area contributed by atoms with E-state index in [0.29, 0.717) is 149 Å². The van der Waals surface area contributed by atoms with Gasteiger partial charge < -0.3 is 48.8 Å². The van der Waals surface area contributed by atoms with E-state index in [1.54, 1.807) is 0 Å². The summed E-state index contributed by atoms with van der Waals surface area (Å²) in [5.41, 5.74) is 0. The van der Waals surface area contributed by atoms with Gasteiger partial charge in [0.15, 0.2) is 0 Å². The van der Waals surface area contributed by atoms with Crippen LogP contribution in [0.4, 0.5) is 0 Å². The van der Waals surface area contributed by atoms with Crippen molar-refractivity contribution < 1.29 is 77.6 Å². The van der Waals surface area contributed by atoms with Crippen molar-refractivity contribution in [1.82, 2.24) is 19.6 Å². The fourth-order valence-electron chi connectivity index (χ4n) is 17.3. The lowest BCUT2D eigenvalue weighted by Crippen LogP contribution is -2.57. The van der Waals surface area contributed by atoms with Crippen LogP contribution in [0.1, 0.15) is 486 Å².